The van der Waals surface area contributed by atoms with E-state index in [9.17, 15) is 8.42 Å². The maximum atomic E-state index is 11.7. The van der Waals surface area contributed by atoms with E-state index in [1.807, 2.05) is 0 Å². The van der Waals surface area contributed by atoms with Gasteiger partial charge in [0.2, 0.25) is 10.0 Å². The third-order valence-corrected chi connectivity index (χ3v) is 4.53. The van der Waals surface area contributed by atoms with Crippen molar-refractivity contribution in [2.45, 2.75) is 25.5 Å². The first-order valence-corrected chi connectivity index (χ1v) is 6.25. The minimum Gasteiger partial charge on any atom is -0.315 e. The zero-order valence-corrected chi connectivity index (χ0v) is 10.3. The van der Waals surface area contributed by atoms with Crippen molar-refractivity contribution in [1.29, 1.82) is 0 Å². The molecule has 1 N–H and O–H groups in total. The van der Waals surface area contributed by atoms with E-state index in [4.69, 9.17) is 0 Å². The summed E-state index contributed by atoms with van der Waals surface area (Å²) in [6.07, 6.45) is 0.909. The van der Waals surface area contributed by atoms with Crippen LogP contribution in [0.5, 0.6) is 0 Å². The molecule has 0 spiro atoms. The largest absolute Gasteiger partial charge is 0.315 e. The predicted octanol–water partition coefficient (Wildman–Crippen LogP) is 0.442. The van der Waals surface area contributed by atoms with Gasteiger partial charge in [-0.3, -0.25) is 0 Å². The molecule has 1 fully saturated rings. The molecule has 4 nitrogen and oxygen atoms in total. The number of hydrogen-bond acceptors (Lipinski definition) is 3. The van der Waals surface area contributed by atoms with Gasteiger partial charge >= 0.3 is 0 Å². The Kier molecular flexibility index (Phi) is 5.97. The van der Waals surface area contributed by atoms with E-state index in [0.717, 1.165) is 19.5 Å². The molecular weight excluding hydrogens is 224 g/mol. The van der Waals surface area contributed by atoms with Crippen molar-refractivity contribution in [3.63, 3.8) is 0 Å². The van der Waals surface area contributed by atoms with Gasteiger partial charge in [0.25, 0.3) is 0 Å². The van der Waals surface area contributed by atoms with Crippen LogP contribution < -0.4 is 5.32 Å². The predicted molar refractivity (Wildman–Crippen MR) is 60.4 cm³/mol. The molecule has 0 aromatic carbocycles. The maximum Gasteiger partial charge on any atom is 0.216 e. The Morgan fingerprint density at radius 1 is 1.21 bits per heavy atom. The lowest BCUT2D eigenvalue weighted by molar-refractivity contribution is 0.426. The fourth-order valence-electron chi connectivity index (χ4n) is 1.37. The van der Waals surface area contributed by atoms with Crippen LogP contribution in [0.15, 0.2) is 0 Å². The number of halogens is 1. The molecule has 0 radical (unpaired) electrons. The highest BCUT2D eigenvalue weighted by molar-refractivity contribution is 7.89. The summed E-state index contributed by atoms with van der Waals surface area (Å²) >= 11 is 0. The monoisotopic (exact) mass is 242 g/mol. The van der Waals surface area contributed by atoms with Gasteiger partial charge in [-0.1, -0.05) is 0 Å². The van der Waals surface area contributed by atoms with Crippen molar-refractivity contribution in [2.75, 3.05) is 26.2 Å². The molecule has 0 atom stereocenters. The topological polar surface area (TPSA) is 49.4 Å². The van der Waals surface area contributed by atoms with Crippen LogP contribution in [0.3, 0.4) is 0 Å². The molecule has 1 aliphatic rings. The molecule has 1 heterocycles. The van der Waals surface area contributed by atoms with Crippen LogP contribution in [0.25, 0.3) is 0 Å². The highest BCUT2D eigenvalue weighted by Gasteiger charge is 2.25. The summed E-state index contributed by atoms with van der Waals surface area (Å²) in [5.74, 6) is 0. The van der Waals surface area contributed by atoms with Crippen molar-refractivity contribution < 1.29 is 8.42 Å². The molecule has 0 aromatic heterocycles. The molecule has 0 aliphatic carbocycles. The molecule has 1 rings (SSSR count). The number of nitrogens with one attached hydrogen (secondary N) is 1. The van der Waals surface area contributed by atoms with E-state index < -0.39 is 10.0 Å². The van der Waals surface area contributed by atoms with Crippen LogP contribution in [0.4, 0.5) is 0 Å². The summed E-state index contributed by atoms with van der Waals surface area (Å²) in [7, 11) is -3.03. The number of sulfonamides is 1. The zero-order valence-electron chi connectivity index (χ0n) is 8.69. The van der Waals surface area contributed by atoms with Crippen LogP contribution in [0.1, 0.15) is 20.3 Å². The average molecular weight is 243 g/mol. The first-order valence-electron chi connectivity index (χ1n) is 4.75. The second kappa shape index (κ2) is 5.90. The van der Waals surface area contributed by atoms with Gasteiger partial charge in [0, 0.05) is 19.6 Å². The molecule has 1 saturated heterocycles. The third kappa shape index (κ3) is 3.38. The molecule has 0 saturated carbocycles. The molecular formula is C8H19ClN2O2S. The Bertz CT molecular complexity index is 246. The highest BCUT2D eigenvalue weighted by atomic mass is 35.5. The second-order valence-corrected chi connectivity index (χ2v) is 6.09. The molecule has 14 heavy (non-hydrogen) atoms. The average Bonchev–Trinajstić information content (AvgIpc) is 2.31. The molecule has 1 aliphatic heterocycles. The third-order valence-electron chi connectivity index (χ3n) is 2.25. The van der Waals surface area contributed by atoms with E-state index in [0.29, 0.717) is 13.1 Å². The van der Waals surface area contributed by atoms with Gasteiger partial charge in [0.15, 0.2) is 0 Å². The van der Waals surface area contributed by atoms with Gasteiger partial charge in [-0.05, 0) is 26.8 Å². The Balaban J connectivity index is 0.00000169. The van der Waals surface area contributed by atoms with Gasteiger partial charge in [0.1, 0.15) is 0 Å². The summed E-state index contributed by atoms with van der Waals surface area (Å²) in [5, 5.41) is 2.88. The molecule has 86 valence electrons. The summed E-state index contributed by atoms with van der Waals surface area (Å²) in [6.45, 7) is 6.42. The van der Waals surface area contributed by atoms with Crippen LogP contribution in [0, 0.1) is 0 Å². The van der Waals surface area contributed by atoms with Crippen molar-refractivity contribution in [3.05, 3.63) is 0 Å². The van der Waals surface area contributed by atoms with Crippen LogP contribution in [-0.4, -0.2) is 44.2 Å². The van der Waals surface area contributed by atoms with Crippen molar-refractivity contribution in [1.82, 2.24) is 9.62 Å². The van der Waals surface area contributed by atoms with E-state index in [1.165, 1.54) is 0 Å². The van der Waals surface area contributed by atoms with E-state index in [2.05, 4.69) is 5.32 Å². The summed E-state index contributed by atoms with van der Waals surface area (Å²) in [4.78, 5) is 0. The highest BCUT2D eigenvalue weighted by Crippen LogP contribution is 2.09. The lowest BCUT2D eigenvalue weighted by Crippen LogP contribution is -2.38. The minimum absolute atomic E-state index is 0. The first kappa shape index (κ1) is 14.2. The fraction of sp³-hybridized carbons (Fsp3) is 1.00. The Labute approximate surface area is 92.5 Å². The fourth-order valence-corrected chi connectivity index (χ4v) is 2.70. The van der Waals surface area contributed by atoms with Crippen LogP contribution in [-0.2, 0) is 10.0 Å². The Hall–Kier alpha value is 0.160. The van der Waals surface area contributed by atoms with Gasteiger partial charge in [-0.15, -0.1) is 12.4 Å². The van der Waals surface area contributed by atoms with Gasteiger partial charge < -0.3 is 5.32 Å². The van der Waals surface area contributed by atoms with E-state index in [-0.39, 0.29) is 17.7 Å². The normalized spacial score (nSPS) is 20.2. The van der Waals surface area contributed by atoms with Gasteiger partial charge in [0.05, 0.1) is 5.25 Å². The molecule has 0 bridgehead atoms. The Morgan fingerprint density at radius 2 is 1.86 bits per heavy atom. The van der Waals surface area contributed by atoms with Gasteiger partial charge in [-0.25, -0.2) is 12.7 Å². The summed E-state index contributed by atoms with van der Waals surface area (Å²) in [5.41, 5.74) is 0. The van der Waals surface area contributed by atoms with Crippen molar-refractivity contribution in [2.24, 2.45) is 0 Å². The standard InChI is InChI=1S/C8H18N2O2S.ClH/c1-8(2)13(11,12)10-6-3-4-9-5-7-10;/h8-9H,3-7H2,1-2H3;1H. The molecule has 0 aromatic rings. The molecule has 6 heteroatoms. The van der Waals surface area contributed by atoms with E-state index >= 15 is 0 Å². The lowest BCUT2D eigenvalue weighted by atomic mass is 10.4. The lowest BCUT2D eigenvalue weighted by Gasteiger charge is -2.21. The minimum atomic E-state index is -3.03. The smallest absolute Gasteiger partial charge is 0.216 e. The number of nitrogens with zero attached hydrogens (tertiary/aromatic N) is 1. The van der Waals surface area contributed by atoms with Gasteiger partial charge in [-0.2, -0.15) is 0 Å². The summed E-state index contributed by atoms with van der Waals surface area (Å²) < 4.78 is 25.1. The first-order chi connectivity index (χ1) is 6.05. The Morgan fingerprint density at radius 3 is 2.43 bits per heavy atom. The SMILES string of the molecule is CC(C)S(=O)(=O)N1CCCNCC1.Cl. The molecule has 0 amide bonds. The summed E-state index contributed by atoms with van der Waals surface area (Å²) in [6, 6.07) is 0. The van der Waals surface area contributed by atoms with Crippen molar-refractivity contribution >= 4 is 22.4 Å². The van der Waals surface area contributed by atoms with E-state index in [1.54, 1.807) is 18.2 Å². The zero-order chi connectivity index (χ0) is 9.90. The molecule has 0 unspecified atom stereocenters. The second-order valence-electron chi connectivity index (χ2n) is 3.60. The van der Waals surface area contributed by atoms with Crippen LogP contribution in [0.2, 0.25) is 0 Å². The van der Waals surface area contributed by atoms with Crippen molar-refractivity contribution in [3.8, 4) is 0 Å². The quantitative estimate of drug-likeness (QED) is 0.765. The number of rotatable bonds is 2. The van der Waals surface area contributed by atoms with Crippen LogP contribution >= 0.6 is 12.4 Å². The number of hydrogen-bond donors (Lipinski definition) is 1. The maximum absolute atomic E-state index is 11.7.